The zero-order valence-corrected chi connectivity index (χ0v) is 14.6. The number of aryl methyl sites for hydroxylation is 3. The van der Waals surface area contributed by atoms with Crippen LogP contribution in [-0.4, -0.2) is 42.0 Å². The average molecular weight is 329 g/mol. The molecule has 0 N–H and O–H groups in total. The summed E-state index contributed by atoms with van der Waals surface area (Å²) in [6.45, 7) is 7.45. The molecule has 0 saturated carbocycles. The minimum absolute atomic E-state index is 0.264. The number of anilines is 1. The van der Waals surface area contributed by atoms with Gasteiger partial charge in [0, 0.05) is 38.0 Å². The van der Waals surface area contributed by atoms with Crippen LogP contribution < -0.4 is 4.90 Å². The van der Waals surface area contributed by atoms with Crippen molar-refractivity contribution in [2.45, 2.75) is 26.7 Å². The number of aromatic nitrogens is 1. The lowest BCUT2D eigenvalue weighted by Gasteiger charge is -2.34. The molecule has 23 heavy (non-hydrogen) atoms. The molecule has 3 rings (SSSR count). The summed E-state index contributed by atoms with van der Waals surface area (Å²) in [5, 5.41) is 3.16. The van der Waals surface area contributed by atoms with Crippen LogP contribution in [0.15, 0.2) is 29.6 Å². The predicted octanol–water partition coefficient (Wildman–Crippen LogP) is 3.04. The Morgan fingerprint density at radius 2 is 1.83 bits per heavy atom. The summed E-state index contributed by atoms with van der Waals surface area (Å²) < 4.78 is 0. The molecule has 0 bridgehead atoms. The fourth-order valence-electron chi connectivity index (χ4n) is 2.80. The van der Waals surface area contributed by atoms with Crippen LogP contribution >= 0.6 is 11.3 Å². The van der Waals surface area contributed by atoms with Crippen LogP contribution in [0.4, 0.5) is 5.13 Å². The van der Waals surface area contributed by atoms with E-state index < -0.39 is 0 Å². The van der Waals surface area contributed by atoms with Gasteiger partial charge in [-0.15, -0.1) is 11.3 Å². The van der Waals surface area contributed by atoms with Crippen molar-refractivity contribution in [1.82, 2.24) is 9.88 Å². The van der Waals surface area contributed by atoms with Crippen molar-refractivity contribution in [2.24, 2.45) is 0 Å². The number of hydrogen-bond donors (Lipinski definition) is 0. The second-order valence-corrected chi connectivity index (χ2v) is 6.96. The maximum atomic E-state index is 12.4. The largest absolute Gasteiger partial charge is 0.345 e. The van der Waals surface area contributed by atoms with E-state index in [1.165, 1.54) is 11.1 Å². The van der Waals surface area contributed by atoms with Crippen molar-refractivity contribution >= 4 is 22.4 Å². The third kappa shape index (κ3) is 4.10. The van der Waals surface area contributed by atoms with Gasteiger partial charge in [-0.25, -0.2) is 4.98 Å². The first-order valence-corrected chi connectivity index (χ1v) is 9.00. The molecule has 122 valence electrons. The number of benzene rings is 1. The lowest BCUT2D eigenvalue weighted by atomic mass is 10.1. The van der Waals surface area contributed by atoms with Crippen molar-refractivity contribution in [2.75, 3.05) is 31.1 Å². The lowest BCUT2D eigenvalue weighted by Crippen LogP contribution is -2.48. The van der Waals surface area contributed by atoms with Gasteiger partial charge >= 0.3 is 0 Å². The van der Waals surface area contributed by atoms with Gasteiger partial charge in [0.05, 0.1) is 5.69 Å². The Labute approximate surface area is 141 Å². The third-order valence-electron chi connectivity index (χ3n) is 4.26. The zero-order chi connectivity index (χ0) is 16.2. The highest BCUT2D eigenvalue weighted by Gasteiger charge is 2.22. The van der Waals surface area contributed by atoms with Gasteiger partial charge in [0.15, 0.2) is 5.13 Å². The molecule has 1 aliphatic rings. The summed E-state index contributed by atoms with van der Waals surface area (Å²) in [6.07, 6.45) is 1.42. The van der Waals surface area contributed by atoms with E-state index in [9.17, 15) is 4.79 Å². The van der Waals surface area contributed by atoms with Gasteiger partial charge in [0.25, 0.3) is 0 Å². The zero-order valence-electron chi connectivity index (χ0n) is 13.8. The van der Waals surface area contributed by atoms with E-state index in [1.54, 1.807) is 11.3 Å². The third-order valence-corrected chi connectivity index (χ3v) is 5.28. The Bertz CT molecular complexity index is 657. The molecule has 1 aromatic heterocycles. The summed E-state index contributed by atoms with van der Waals surface area (Å²) in [5.41, 5.74) is 3.57. The summed E-state index contributed by atoms with van der Waals surface area (Å²) >= 11 is 1.69. The van der Waals surface area contributed by atoms with E-state index in [0.717, 1.165) is 43.4 Å². The molecule has 0 atom stereocenters. The SMILES string of the molecule is Cc1ccc(CCC(=O)N2CCN(c3nc(C)cs3)CC2)cc1. The standard InChI is InChI=1S/C18H23N3OS/c1-14-3-5-16(6-4-14)7-8-17(22)20-9-11-21(12-10-20)18-19-15(2)13-23-18/h3-6,13H,7-12H2,1-2H3. The minimum Gasteiger partial charge on any atom is -0.345 e. The lowest BCUT2D eigenvalue weighted by molar-refractivity contribution is -0.131. The summed E-state index contributed by atoms with van der Waals surface area (Å²) in [5.74, 6) is 0.264. The summed E-state index contributed by atoms with van der Waals surface area (Å²) in [7, 11) is 0. The molecule has 0 aliphatic carbocycles. The molecule has 4 nitrogen and oxygen atoms in total. The molecule has 0 radical (unpaired) electrons. The number of carbonyl (C=O) groups excluding carboxylic acids is 1. The molecule has 0 spiro atoms. The monoisotopic (exact) mass is 329 g/mol. The van der Waals surface area contributed by atoms with Gasteiger partial charge in [-0.2, -0.15) is 0 Å². The fraction of sp³-hybridized carbons (Fsp3) is 0.444. The quantitative estimate of drug-likeness (QED) is 0.865. The second-order valence-electron chi connectivity index (χ2n) is 6.12. The van der Waals surface area contributed by atoms with E-state index in [-0.39, 0.29) is 5.91 Å². The first-order valence-electron chi connectivity index (χ1n) is 8.12. The molecule has 2 heterocycles. The van der Waals surface area contributed by atoms with E-state index in [4.69, 9.17) is 0 Å². The van der Waals surface area contributed by atoms with Gasteiger partial charge in [-0.1, -0.05) is 29.8 Å². The normalized spacial score (nSPS) is 15.0. The van der Waals surface area contributed by atoms with Crippen LogP contribution in [0, 0.1) is 13.8 Å². The Hall–Kier alpha value is -1.88. The van der Waals surface area contributed by atoms with Crippen LogP contribution in [0.1, 0.15) is 23.2 Å². The van der Waals surface area contributed by atoms with E-state index >= 15 is 0 Å². The van der Waals surface area contributed by atoms with Crippen molar-refractivity contribution in [1.29, 1.82) is 0 Å². The van der Waals surface area contributed by atoms with Crippen molar-refractivity contribution in [3.63, 3.8) is 0 Å². The Morgan fingerprint density at radius 3 is 2.43 bits per heavy atom. The highest BCUT2D eigenvalue weighted by atomic mass is 32.1. The molecular formula is C18H23N3OS. The maximum absolute atomic E-state index is 12.4. The smallest absolute Gasteiger partial charge is 0.223 e. The molecule has 1 aliphatic heterocycles. The van der Waals surface area contributed by atoms with Gasteiger partial charge in [-0.05, 0) is 25.8 Å². The van der Waals surface area contributed by atoms with Crippen LogP contribution in [0.5, 0.6) is 0 Å². The number of thiazole rings is 1. The minimum atomic E-state index is 0.264. The van der Waals surface area contributed by atoms with Gasteiger partial charge in [0.1, 0.15) is 0 Å². The first kappa shape index (κ1) is 16.0. The van der Waals surface area contributed by atoms with E-state index in [0.29, 0.717) is 6.42 Å². The Balaban J connectivity index is 1.47. The average Bonchev–Trinajstić information content (AvgIpc) is 3.01. The van der Waals surface area contributed by atoms with Crippen LogP contribution in [0.2, 0.25) is 0 Å². The predicted molar refractivity (Wildman–Crippen MR) is 95.1 cm³/mol. The van der Waals surface area contributed by atoms with Gasteiger partial charge in [-0.3, -0.25) is 4.79 Å². The Morgan fingerprint density at radius 1 is 1.13 bits per heavy atom. The number of carbonyl (C=O) groups is 1. The van der Waals surface area contributed by atoms with Crippen molar-refractivity contribution < 1.29 is 4.79 Å². The molecule has 1 saturated heterocycles. The highest BCUT2D eigenvalue weighted by molar-refractivity contribution is 7.13. The Kier molecular flexibility index (Phi) is 4.96. The number of amides is 1. The molecule has 1 amide bonds. The number of piperazine rings is 1. The topological polar surface area (TPSA) is 36.4 Å². The van der Waals surface area contributed by atoms with Crippen LogP contribution in [-0.2, 0) is 11.2 Å². The first-order chi connectivity index (χ1) is 11.1. The molecular weight excluding hydrogens is 306 g/mol. The van der Waals surface area contributed by atoms with Gasteiger partial charge in [0.2, 0.25) is 5.91 Å². The van der Waals surface area contributed by atoms with Crippen molar-refractivity contribution in [3.8, 4) is 0 Å². The molecule has 2 aromatic rings. The second kappa shape index (κ2) is 7.13. The van der Waals surface area contributed by atoms with Gasteiger partial charge < -0.3 is 9.80 Å². The molecule has 5 heteroatoms. The molecule has 0 unspecified atom stereocenters. The molecule has 1 aromatic carbocycles. The summed E-state index contributed by atoms with van der Waals surface area (Å²) in [4.78, 5) is 21.2. The van der Waals surface area contributed by atoms with Crippen LogP contribution in [0.25, 0.3) is 0 Å². The summed E-state index contributed by atoms with van der Waals surface area (Å²) in [6, 6.07) is 8.44. The fourth-order valence-corrected chi connectivity index (χ4v) is 3.66. The number of rotatable bonds is 4. The highest BCUT2D eigenvalue weighted by Crippen LogP contribution is 2.21. The van der Waals surface area contributed by atoms with E-state index in [1.807, 2.05) is 11.8 Å². The van der Waals surface area contributed by atoms with Crippen LogP contribution in [0.3, 0.4) is 0 Å². The van der Waals surface area contributed by atoms with Crippen molar-refractivity contribution in [3.05, 3.63) is 46.5 Å². The van der Waals surface area contributed by atoms with E-state index in [2.05, 4.69) is 46.5 Å². The molecule has 1 fully saturated rings. The number of nitrogens with zero attached hydrogens (tertiary/aromatic N) is 3. The number of hydrogen-bond acceptors (Lipinski definition) is 4. The maximum Gasteiger partial charge on any atom is 0.223 e.